The van der Waals surface area contributed by atoms with Gasteiger partial charge in [-0.25, -0.2) is 0 Å². The number of rotatable bonds is 18. The third-order valence-corrected chi connectivity index (χ3v) is 6.46. The Morgan fingerprint density at radius 2 is 1.34 bits per heavy atom. The van der Waals surface area contributed by atoms with Crippen LogP contribution in [0.2, 0.25) is 0 Å². The lowest BCUT2D eigenvalue weighted by Gasteiger charge is -2.20. The summed E-state index contributed by atoms with van der Waals surface area (Å²) < 4.78 is 10.7. The molecule has 224 valence electrons. The molecule has 0 heterocycles. The second-order valence-electron chi connectivity index (χ2n) is 9.38. The molecule has 0 saturated carbocycles. The Labute approximate surface area is 240 Å². The van der Waals surface area contributed by atoms with Crippen LogP contribution >= 0.6 is 0 Å². The number of ether oxygens (including phenoxy) is 2. The number of nitrogens with one attached hydrogen (secondary N) is 4. The van der Waals surface area contributed by atoms with Gasteiger partial charge in [0.15, 0.2) is 0 Å². The summed E-state index contributed by atoms with van der Waals surface area (Å²) in [6, 6.07) is 8.11. The molecule has 2 rings (SSSR count). The molecule has 12 heteroatoms. The van der Waals surface area contributed by atoms with Gasteiger partial charge in [0.05, 0.1) is 31.4 Å². The van der Waals surface area contributed by atoms with Crippen molar-refractivity contribution in [3.8, 4) is 11.5 Å². The number of benzene rings is 2. The quantitative estimate of drug-likeness (QED) is 0.115. The van der Waals surface area contributed by atoms with Gasteiger partial charge in [-0.1, -0.05) is 0 Å². The summed E-state index contributed by atoms with van der Waals surface area (Å²) in [5.74, 6) is -0.826. The van der Waals surface area contributed by atoms with E-state index in [1.54, 1.807) is 37.4 Å². The van der Waals surface area contributed by atoms with E-state index in [1.165, 1.54) is 20.3 Å². The fourth-order valence-corrected chi connectivity index (χ4v) is 4.16. The van der Waals surface area contributed by atoms with E-state index in [0.29, 0.717) is 68.6 Å². The summed E-state index contributed by atoms with van der Waals surface area (Å²) >= 11 is 0. The largest absolute Gasteiger partial charge is 0.496 e. The first-order valence-electron chi connectivity index (χ1n) is 13.6. The second kappa shape index (κ2) is 17.5. The molecule has 0 aliphatic heterocycles. The number of unbranched alkanes of at least 4 members (excludes halogenated alkanes) is 2. The van der Waals surface area contributed by atoms with Crippen LogP contribution in [0.1, 0.15) is 59.2 Å². The first kappa shape index (κ1) is 33.0. The molecule has 0 aromatic heterocycles. The fourth-order valence-electron chi connectivity index (χ4n) is 4.16. The van der Waals surface area contributed by atoms with Gasteiger partial charge in [0.1, 0.15) is 23.8 Å². The van der Waals surface area contributed by atoms with E-state index in [2.05, 4.69) is 21.3 Å². The highest BCUT2D eigenvalue weighted by Gasteiger charge is 2.24. The van der Waals surface area contributed by atoms with E-state index in [-0.39, 0.29) is 16.9 Å². The van der Waals surface area contributed by atoms with Gasteiger partial charge in [0.2, 0.25) is 5.91 Å². The Balaban J connectivity index is 2.25. The molecule has 41 heavy (non-hydrogen) atoms. The summed E-state index contributed by atoms with van der Waals surface area (Å²) in [4.78, 5) is 51.1. The van der Waals surface area contributed by atoms with Gasteiger partial charge in [0, 0.05) is 18.4 Å². The molecule has 2 aromatic carbocycles. The van der Waals surface area contributed by atoms with Gasteiger partial charge >= 0.3 is 0 Å². The number of carbonyl (C=O) groups excluding carboxylic acids is 4. The zero-order chi connectivity index (χ0) is 30.2. The van der Waals surface area contributed by atoms with Crippen LogP contribution in [0, 0.1) is 0 Å². The van der Waals surface area contributed by atoms with Gasteiger partial charge < -0.3 is 47.0 Å². The van der Waals surface area contributed by atoms with Crippen LogP contribution in [0.4, 0.5) is 11.4 Å². The summed E-state index contributed by atoms with van der Waals surface area (Å²) in [5.41, 5.74) is 12.6. The number of amides is 3. The summed E-state index contributed by atoms with van der Waals surface area (Å²) in [5, 5.41) is 11.3. The third-order valence-electron chi connectivity index (χ3n) is 6.46. The zero-order valence-electron chi connectivity index (χ0n) is 24.0. The monoisotopic (exact) mass is 570 g/mol. The van der Waals surface area contributed by atoms with Crippen LogP contribution in [0.3, 0.4) is 0 Å². The van der Waals surface area contributed by atoms with Crippen LogP contribution in [-0.4, -0.2) is 70.4 Å². The number of methoxy groups -OCH3 is 2. The molecule has 0 aliphatic carbocycles. The topological polar surface area (TPSA) is 187 Å². The van der Waals surface area contributed by atoms with Gasteiger partial charge in [-0.3, -0.25) is 14.4 Å². The smallest absolute Gasteiger partial charge is 0.255 e. The fraction of sp³-hybridized carbons (Fsp3) is 0.448. The molecule has 3 amide bonds. The van der Waals surface area contributed by atoms with Crippen molar-refractivity contribution >= 4 is 35.4 Å². The SMILES string of the molecule is CNc1ccc(OC)c(C(=O)N[C@@H](CCCCN)C(=O)Nc2ccc(OC)c(C(=O)N[C@H](C=O)CCCCN)c2)c1. The van der Waals surface area contributed by atoms with Crippen molar-refractivity contribution in [2.75, 3.05) is 45.0 Å². The molecule has 0 bridgehead atoms. The minimum Gasteiger partial charge on any atom is -0.496 e. The minimum absolute atomic E-state index is 0.147. The lowest BCUT2D eigenvalue weighted by atomic mass is 10.1. The first-order valence-corrected chi connectivity index (χ1v) is 13.6. The summed E-state index contributed by atoms with van der Waals surface area (Å²) in [7, 11) is 4.62. The highest BCUT2D eigenvalue weighted by Crippen LogP contribution is 2.25. The Kier molecular flexibility index (Phi) is 14.1. The molecule has 8 N–H and O–H groups in total. The van der Waals surface area contributed by atoms with Crippen LogP contribution in [0.15, 0.2) is 36.4 Å². The van der Waals surface area contributed by atoms with E-state index >= 15 is 0 Å². The van der Waals surface area contributed by atoms with Gasteiger partial charge in [-0.2, -0.15) is 0 Å². The van der Waals surface area contributed by atoms with E-state index in [0.717, 1.165) is 6.42 Å². The Morgan fingerprint density at radius 3 is 1.88 bits per heavy atom. The maximum Gasteiger partial charge on any atom is 0.255 e. The van der Waals surface area contributed by atoms with Crippen LogP contribution in [0.5, 0.6) is 11.5 Å². The van der Waals surface area contributed by atoms with Crippen LogP contribution in [-0.2, 0) is 9.59 Å². The van der Waals surface area contributed by atoms with E-state index in [9.17, 15) is 19.2 Å². The molecule has 0 fully saturated rings. The predicted molar refractivity (Wildman–Crippen MR) is 159 cm³/mol. The Morgan fingerprint density at radius 1 is 0.805 bits per heavy atom. The summed E-state index contributed by atoms with van der Waals surface area (Å²) in [6.07, 6.45) is 4.19. The molecule has 0 radical (unpaired) electrons. The maximum atomic E-state index is 13.4. The Hall–Kier alpha value is -4.16. The molecule has 12 nitrogen and oxygen atoms in total. The maximum absolute atomic E-state index is 13.4. The first-order chi connectivity index (χ1) is 19.8. The predicted octanol–water partition coefficient (Wildman–Crippen LogP) is 2.04. The lowest BCUT2D eigenvalue weighted by molar-refractivity contribution is -0.118. The van der Waals surface area contributed by atoms with Crippen molar-refractivity contribution in [2.24, 2.45) is 11.5 Å². The minimum atomic E-state index is -0.890. The van der Waals surface area contributed by atoms with Crippen LogP contribution < -0.4 is 42.2 Å². The number of hydrogen-bond acceptors (Lipinski definition) is 9. The van der Waals surface area contributed by atoms with Gasteiger partial charge in [0.25, 0.3) is 11.8 Å². The molecular weight excluding hydrogens is 528 g/mol. The van der Waals surface area contributed by atoms with E-state index < -0.39 is 29.8 Å². The van der Waals surface area contributed by atoms with Crippen molar-refractivity contribution in [3.05, 3.63) is 47.5 Å². The van der Waals surface area contributed by atoms with Crippen LogP contribution in [0.25, 0.3) is 0 Å². The van der Waals surface area contributed by atoms with Crippen molar-refractivity contribution < 1.29 is 28.7 Å². The average molecular weight is 571 g/mol. The highest BCUT2D eigenvalue weighted by molar-refractivity contribution is 6.04. The van der Waals surface area contributed by atoms with E-state index in [1.807, 2.05) is 0 Å². The molecule has 2 atom stereocenters. The molecule has 0 unspecified atom stereocenters. The van der Waals surface area contributed by atoms with Crippen molar-refractivity contribution in [1.82, 2.24) is 10.6 Å². The number of hydrogen-bond donors (Lipinski definition) is 6. The molecule has 0 saturated heterocycles. The van der Waals surface area contributed by atoms with Crippen molar-refractivity contribution in [1.29, 1.82) is 0 Å². The van der Waals surface area contributed by atoms with Gasteiger partial charge in [-0.05, 0) is 88.0 Å². The molecule has 2 aromatic rings. The zero-order valence-corrected chi connectivity index (χ0v) is 24.0. The normalized spacial score (nSPS) is 12.0. The summed E-state index contributed by atoms with van der Waals surface area (Å²) in [6.45, 7) is 0.948. The second-order valence-corrected chi connectivity index (χ2v) is 9.38. The number of anilines is 2. The number of aldehydes is 1. The number of carbonyl (C=O) groups is 4. The van der Waals surface area contributed by atoms with Gasteiger partial charge in [-0.15, -0.1) is 0 Å². The van der Waals surface area contributed by atoms with Crippen molar-refractivity contribution in [3.63, 3.8) is 0 Å². The highest BCUT2D eigenvalue weighted by atomic mass is 16.5. The third kappa shape index (κ3) is 10.1. The molecule has 0 spiro atoms. The Bertz CT molecular complexity index is 1170. The molecular formula is C29H42N6O6. The average Bonchev–Trinajstić information content (AvgIpc) is 2.99. The van der Waals surface area contributed by atoms with E-state index in [4.69, 9.17) is 20.9 Å². The molecule has 0 aliphatic rings. The standard InChI is InChI=1S/C29H42N6O6/c1-32-19-10-12-25(40-2)22(16-19)28(38)35-24(9-5-7-15-31)29(39)33-20-11-13-26(41-3)23(17-20)27(37)34-21(18-36)8-4-6-14-30/h10-13,16-18,21,24,32H,4-9,14-15,30-31H2,1-3H3,(H,33,39)(H,34,37)(H,35,38)/t21-,24-/m0/s1. The number of nitrogens with two attached hydrogens (primary N) is 2. The van der Waals surface area contributed by atoms with Crippen molar-refractivity contribution in [2.45, 2.75) is 50.6 Å². The lowest BCUT2D eigenvalue weighted by Crippen LogP contribution is -2.44.